The van der Waals surface area contributed by atoms with Crippen LogP contribution in [0.1, 0.15) is 5.56 Å². The van der Waals surface area contributed by atoms with Gasteiger partial charge in [-0.15, -0.1) is 0 Å². The van der Waals surface area contributed by atoms with Crippen LogP contribution in [0, 0.1) is 11.3 Å². The Morgan fingerprint density at radius 3 is 2.65 bits per heavy atom. The second-order valence-electron chi connectivity index (χ2n) is 4.31. The summed E-state index contributed by atoms with van der Waals surface area (Å²) in [6, 6.07) is 17.3. The van der Waals surface area contributed by atoms with Crippen LogP contribution in [-0.2, 0) is 0 Å². The number of para-hydroxylation sites is 1. The lowest BCUT2D eigenvalue weighted by atomic mass is 10.1. The van der Waals surface area contributed by atoms with Crippen molar-refractivity contribution in [2.24, 2.45) is 0 Å². The Morgan fingerprint density at radius 2 is 1.90 bits per heavy atom. The number of rotatable bonds is 2. The number of anilines is 2. The molecule has 1 heterocycles. The largest absolute Gasteiger partial charge is 0.354 e. The average molecular weight is 280 g/mol. The zero-order valence-corrected chi connectivity index (χ0v) is 11.2. The number of hydrogen-bond donors (Lipinski definition) is 1. The second-order valence-corrected chi connectivity index (χ2v) is 4.75. The Bertz CT molecular complexity index is 807. The van der Waals surface area contributed by atoms with Gasteiger partial charge in [0.1, 0.15) is 6.07 Å². The molecule has 0 amide bonds. The number of aromatic nitrogens is 1. The highest BCUT2D eigenvalue weighted by Gasteiger charge is 2.09. The van der Waals surface area contributed by atoms with E-state index in [4.69, 9.17) is 11.6 Å². The summed E-state index contributed by atoms with van der Waals surface area (Å²) < 4.78 is 0. The Kier molecular flexibility index (Phi) is 3.24. The summed E-state index contributed by atoms with van der Waals surface area (Å²) in [4.78, 5) is 4.27. The van der Waals surface area contributed by atoms with Crippen LogP contribution in [-0.4, -0.2) is 4.98 Å². The highest BCUT2D eigenvalue weighted by molar-refractivity contribution is 6.31. The maximum absolute atomic E-state index is 9.26. The number of hydrogen-bond acceptors (Lipinski definition) is 3. The molecule has 0 aliphatic heterocycles. The van der Waals surface area contributed by atoms with Crippen LogP contribution >= 0.6 is 11.6 Å². The Labute approximate surface area is 121 Å². The fraction of sp³-hybridized carbons (Fsp3) is 0. The first-order chi connectivity index (χ1) is 9.78. The molecule has 3 aromatic rings. The quantitative estimate of drug-likeness (QED) is 0.751. The maximum Gasteiger partial charge on any atom is 0.103 e. The molecule has 1 N–H and O–H groups in total. The van der Waals surface area contributed by atoms with E-state index in [1.807, 2.05) is 42.5 Å². The van der Waals surface area contributed by atoms with E-state index in [0.717, 1.165) is 22.3 Å². The number of nitriles is 1. The minimum Gasteiger partial charge on any atom is -0.354 e. The number of fused-ring (bicyclic) bond motifs is 1. The molecule has 0 spiro atoms. The molecule has 0 radical (unpaired) electrons. The van der Waals surface area contributed by atoms with Crippen molar-refractivity contribution >= 4 is 33.9 Å². The molecule has 3 rings (SSSR count). The lowest BCUT2D eigenvalue weighted by molar-refractivity contribution is 1.36. The third kappa shape index (κ3) is 2.29. The van der Waals surface area contributed by atoms with Gasteiger partial charge in [0, 0.05) is 22.3 Å². The van der Waals surface area contributed by atoms with Gasteiger partial charge in [-0.05, 0) is 30.3 Å². The van der Waals surface area contributed by atoms with Crippen molar-refractivity contribution in [2.75, 3.05) is 5.32 Å². The number of nitrogens with one attached hydrogen (secondary N) is 1. The van der Waals surface area contributed by atoms with Crippen molar-refractivity contribution in [3.8, 4) is 6.07 Å². The zero-order valence-electron chi connectivity index (χ0n) is 10.5. The van der Waals surface area contributed by atoms with Crippen molar-refractivity contribution in [1.29, 1.82) is 5.26 Å². The van der Waals surface area contributed by atoms with Crippen molar-refractivity contribution < 1.29 is 0 Å². The normalized spacial score (nSPS) is 10.2. The molecule has 0 aliphatic rings. The molecule has 20 heavy (non-hydrogen) atoms. The van der Waals surface area contributed by atoms with Crippen LogP contribution in [0.4, 0.5) is 11.4 Å². The molecule has 0 bridgehead atoms. The van der Waals surface area contributed by atoms with Crippen LogP contribution in [0.3, 0.4) is 0 Å². The number of nitrogens with zero attached hydrogens (tertiary/aromatic N) is 2. The second kappa shape index (κ2) is 5.20. The van der Waals surface area contributed by atoms with Crippen LogP contribution in [0.25, 0.3) is 10.9 Å². The van der Waals surface area contributed by atoms with Crippen molar-refractivity contribution in [1.82, 2.24) is 4.98 Å². The highest BCUT2D eigenvalue weighted by atomic mass is 35.5. The highest BCUT2D eigenvalue weighted by Crippen LogP contribution is 2.30. The van der Waals surface area contributed by atoms with Gasteiger partial charge in [0.2, 0.25) is 0 Å². The number of benzene rings is 2. The molecule has 0 fully saturated rings. The molecule has 0 unspecified atom stereocenters. The average Bonchev–Trinajstić information content (AvgIpc) is 2.49. The number of halogens is 1. The standard InChI is InChI=1S/C16H10ClN3/c17-12-6-7-15-14(8-12)16(11(9-18)10-19-15)20-13-4-2-1-3-5-13/h1-8,10H,(H,19,20). The van der Waals surface area contributed by atoms with Gasteiger partial charge < -0.3 is 5.32 Å². The predicted octanol–water partition coefficient (Wildman–Crippen LogP) is 4.50. The van der Waals surface area contributed by atoms with Crippen LogP contribution in [0.15, 0.2) is 54.7 Å². The van der Waals surface area contributed by atoms with E-state index >= 15 is 0 Å². The Hall–Kier alpha value is -2.57. The van der Waals surface area contributed by atoms with Crippen LogP contribution < -0.4 is 5.32 Å². The van der Waals surface area contributed by atoms with Gasteiger partial charge >= 0.3 is 0 Å². The van der Waals surface area contributed by atoms with Gasteiger partial charge in [-0.1, -0.05) is 29.8 Å². The van der Waals surface area contributed by atoms with Gasteiger partial charge in [-0.25, -0.2) is 0 Å². The summed E-state index contributed by atoms with van der Waals surface area (Å²) in [6.07, 6.45) is 1.57. The molecular formula is C16H10ClN3. The minimum absolute atomic E-state index is 0.489. The SMILES string of the molecule is N#Cc1cnc2ccc(Cl)cc2c1Nc1ccccc1. The van der Waals surface area contributed by atoms with Crippen molar-refractivity contribution in [3.63, 3.8) is 0 Å². The zero-order chi connectivity index (χ0) is 13.9. The molecule has 0 atom stereocenters. The first-order valence-corrected chi connectivity index (χ1v) is 6.46. The van der Waals surface area contributed by atoms with E-state index in [9.17, 15) is 5.26 Å². The predicted molar refractivity (Wildman–Crippen MR) is 81.2 cm³/mol. The fourth-order valence-electron chi connectivity index (χ4n) is 2.05. The molecule has 2 aromatic carbocycles. The fourth-order valence-corrected chi connectivity index (χ4v) is 2.22. The van der Waals surface area contributed by atoms with E-state index in [-0.39, 0.29) is 0 Å². The van der Waals surface area contributed by atoms with Crippen LogP contribution in [0.2, 0.25) is 5.02 Å². The maximum atomic E-state index is 9.26. The summed E-state index contributed by atoms with van der Waals surface area (Å²) in [7, 11) is 0. The first-order valence-electron chi connectivity index (χ1n) is 6.08. The van der Waals surface area contributed by atoms with E-state index in [0.29, 0.717) is 10.6 Å². The Balaban J connectivity index is 2.21. The first kappa shape index (κ1) is 12.5. The number of pyridine rings is 1. The monoisotopic (exact) mass is 279 g/mol. The molecule has 1 aromatic heterocycles. The summed E-state index contributed by atoms with van der Waals surface area (Å²) in [5, 5.41) is 14.0. The lowest BCUT2D eigenvalue weighted by Gasteiger charge is -2.11. The van der Waals surface area contributed by atoms with Gasteiger partial charge in [-0.2, -0.15) is 5.26 Å². The topological polar surface area (TPSA) is 48.7 Å². The Morgan fingerprint density at radius 1 is 1.10 bits per heavy atom. The summed E-state index contributed by atoms with van der Waals surface area (Å²) in [5.74, 6) is 0. The van der Waals surface area contributed by atoms with Crippen LogP contribution in [0.5, 0.6) is 0 Å². The van der Waals surface area contributed by atoms with E-state index < -0.39 is 0 Å². The van der Waals surface area contributed by atoms with E-state index in [2.05, 4.69) is 16.4 Å². The summed E-state index contributed by atoms with van der Waals surface area (Å²) >= 11 is 6.05. The molecular weight excluding hydrogens is 270 g/mol. The van der Waals surface area contributed by atoms with Crippen molar-refractivity contribution in [3.05, 3.63) is 65.3 Å². The third-order valence-corrected chi connectivity index (χ3v) is 3.23. The molecule has 4 heteroatoms. The molecule has 0 saturated heterocycles. The molecule has 96 valence electrons. The summed E-state index contributed by atoms with van der Waals surface area (Å²) in [6.45, 7) is 0. The molecule has 0 aliphatic carbocycles. The minimum atomic E-state index is 0.489. The van der Waals surface area contributed by atoms with Gasteiger partial charge in [0.15, 0.2) is 0 Å². The molecule has 0 saturated carbocycles. The van der Waals surface area contributed by atoms with Gasteiger partial charge in [-0.3, -0.25) is 4.98 Å². The van der Waals surface area contributed by atoms with E-state index in [1.54, 1.807) is 12.3 Å². The third-order valence-electron chi connectivity index (χ3n) is 2.99. The van der Waals surface area contributed by atoms with E-state index in [1.165, 1.54) is 0 Å². The lowest BCUT2D eigenvalue weighted by Crippen LogP contribution is -1.96. The smallest absolute Gasteiger partial charge is 0.103 e. The summed E-state index contributed by atoms with van der Waals surface area (Å²) in [5.41, 5.74) is 2.93. The van der Waals surface area contributed by atoms with Gasteiger partial charge in [0.25, 0.3) is 0 Å². The molecule has 3 nitrogen and oxygen atoms in total. The van der Waals surface area contributed by atoms with Crippen molar-refractivity contribution in [2.45, 2.75) is 0 Å². The van der Waals surface area contributed by atoms with Gasteiger partial charge in [0.05, 0.1) is 16.8 Å².